The molecule has 0 aromatic carbocycles. The molecule has 0 unspecified atom stereocenters. The summed E-state index contributed by atoms with van der Waals surface area (Å²) in [5.41, 5.74) is 7.78. The Morgan fingerprint density at radius 2 is 2.09 bits per heavy atom. The van der Waals surface area contributed by atoms with Crippen molar-refractivity contribution in [2.45, 2.75) is 0 Å². The van der Waals surface area contributed by atoms with Crippen LogP contribution in [0, 0.1) is 0 Å². The smallest absolute Gasteiger partial charge is 0.172 e. The first-order valence-corrected chi connectivity index (χ1v) is 7.06. The number of likely N-dealkylation sites (N-methyl/N-ethyl adjacent to an activating group) is 1. The fourth-order valence-corrected chi connectivity index (χ4v) is 2.60. The molecule has 3 rings (SSSR count). The minimum atomic E-state index is 0. The molecule has 8 heteroatoms. The number of rotatable bonds is 4. The first kappa shape index (κ1) is 18.8. The molecule has 3 heterocycles. The van der Waals surface area contributed by atoms with Crippen molar-refractivity contribution in [3.63, 3.8) is 0 Å². The van der Waals surface area contributed by atoms with Gasteiger partial charge in [0.1, 0.15) is 18.8 Å². The second-order valence-electron chi connectivity index (χ2n) is 5.62. The average molecular weight is 348 g/mol. The summed E-state index contributed by atoms with van der Waals surface area (Å²) in [4.78, 5) is 0. The molecular weight excluding hydrogens is 325 g/mol. The van der Waals surface area contributed by atoms with Crippen molar-refractivity contribution in [2.24, 2.45) is 0 Å². The molecule has 1 aliphatic heterocycles. The Morgan fingerprint density at radius 3 is 2.77 bits per heavy atom. The number of hydrogen-bond donors (Lipinski definition) is 2. The average Bonchev–Trinajstić information content (AvgIpc) is 2.77. The first-order chi connectivity index (χ1) is 9.68. The van der Waals surface area contributed by atoms with E-state index in [1.165, 1.54) is 0 Å². The van der Waals surface area contributed by atoms with Gasteiger partial charge in [0.05, 0.1) is 38.9 Å². The highest BCUT2D eigenvalue weighted by Gasteiger charge is 2.24. The number of quaternary nitrogens is 1. The molecule has 22 heavy (non-hydrogen) atoms. The van der Waals surface area contributed by atoms with Crippen molar-refractivity contribution in [3.8, 4) is 0 Å². The zero-order valence-corrected chi connectivity index (χ0v) is 14.2. The monoisotopic (exact) mass is 347 g/mol. The van der Waals surface area contributed by atoms with E-state index < -0.39 is 0 Å². The maximum atomic E-state index is 6.12. The molecule has 0 radical (unpaired) electrons. The number of nitrogens with one attached hydrogen (secondary N) is 1. The van der Waals surface area contributed by atoms with Gasteiger partial charge < -0.3 is 32.7 Å². The fourth-order valence-electron chi connectivity index (χ4n) is 2.60. The number of hydrogen-bond acceptors (Lipinski definition) is 4. The van der Waals surface area contributed by atoms with E-state index in [1.807, 2.05) is 28.9 Å². The second-order valence-corrected chi connectivity index (χ2v) is 5.62. The first-order valence-electron chi connectivity index (χ1n) is 7.06. The minimum Gasteiger partial charge on any atom is -1.00 e. The van der Waals surface area contributed by atoms with Gasteiger partial charge in [0, 0.05) is 6.20 Å². The van der Waals surface area contributed by atoms with E-state index >= 15 is 0 Å². The molecule has 2 aromatic heterocycles. The molecule has 2 aromatic rings. The molecule has 3 N–H and O–H groups in total. The number of anilines is 2. The zero-order valence-electron chi connectivity index (χ0n) is 12.7. The third-order valence-electron chi connectivity index (χ3n) is 4.07. The van der Waals surface area contributed by atoms with Crippen LogP contribution in [0.5, 0.6) is 0 Å². The summed E-state index contributed by atoms with van der Waals surface area (Å²) in [6.45, 7) is 5.77. The molecule has 0 saturated carbocycles. The minimum absolute atomic E-state index is 0. The third kappa shape index (κ3) is 3.95. The lowest BCUT2D eigenvalue weighted by molar-refractivity contribution is -0.915. The lowest BCUT2D eigenvalue weighted by Crippen LogP contribution is -3.00. The van der Waals surface area contributed by atoms with Crippen molar-refractivity contribution in [1.29, 1.82) is 0 Å². The number of fused-ring (bicyclic) bond motifs is 1. The van der Waals surface area contributed by atoms with Gasteiger partial charge in [0.2, 0.25) is 0 Å². The lowest BCUT2D eigenvalue weighted by Gasteiger charge is -2.37. The number of aromatic nitrogens is 2. The molecule has 1 saturated heterocycles. The number of pyridine rings is 1. The third-order valence-corrected chi connectivity index (χ3v) is 4.07. The van der Waals surface area contributed by atoms with E-state index in [0.717, 1.165) is 60.9 Å². The lowest BCUT2D eigenvalue weighted by atomic mass is 10.3. The fraction of sp³-hybridized carbons (Fsp3) is 0.500. The Kier molecular flexibility index (Phi) is 6.74. The topological polar surface area (TPSA) is 64.6 Å². The molecule has 124 valence electrons. The van der Waals surface area contributed by atoms with Crippen LogP contribution in [0.1, 0.15) is 0 Å². The molecule has 0 bridgehead atoms. The molecule has 1 aliphatic rings. The normalized spacial score (nSPS) is 16.6. The number of nitrogens with zero attached hydrogens (tertiary/aromatic N) is 3. The van der Waals surface area contributed by atoms with Gasteiger partial charge in [0.15, 0.2) is 5.82 Å². The molecule has 0 atom stereocenters. The number of halogens is 2. The standard InChI is InChI=1S/C14H22N5O.2ClH/c1-19(8-10-20-11-9-19)7-5-16-14-13(15)12-4-2-3-6-18(12)17-14;;/h2-4,6H,5,7-11,15H2,1H3,(H,16,17);2*1H/q+1;;/p-1. The molecule has 6 nitrogen and oxygen atoms in total. The van der Waals surface area contributed by atoms with E-state index in [0.29, 0.717) is 0 Å². The quantitative estimate of drug-likeness (QED) is 0.642. The number of nitrogens with two attached hydrogens (primary N) is 1. The van der Waals surface area contributed by atoms with Crippen LogP contribution < -0.4 is 23.5 Å². The van der Waals surface area contributed by atoms with E-state index in [1.54, 1.807) is 0 Å². The Labute approximate surface area is 143 Å². The maximum absolute atomic E-state index is 6.12. The van der Waals surface area contributed by atoms with Crippen molar-refractivity contribution in [3.05, 3.63) is 24.4 Å². The summed E-state index contributed by atoms with van der Waals surface area (Å²) in [5, 5.41) is 7.83. The van der Waals surface area contributed by atoms with Crippen molar-refractivity contribution in [1.82, 2.24) is 9.61 Å². The maximum Gasteiger partial charge on any atom is 0.172 e. The predicted molar refractivity (Wildman–Crippen MR) is 86.9 cm³/mol. The number of nitrogen functional groups attached to an aromatic ring is 1. The van der Waals surface area contributed by atoms with Crippen LogP contribution in [0.25, 0.3) is 5.52 Å². The van der Waals surface area contributed by atoms with Crippen molar-refractivity contribution >= 4 is 29.4 Å². The van der Waals surface area contributed by atoms with Crippen LogP contribution in [0.2, 0.25) is 0 Å². The van der Waals surface area contributed by atoms with Gasteiger partial charge in [-0.15, -0.1) is 17.5 Å². The summed E-state index contributed by atoms with van der Waals surface area (Å²) in [7, 11) is 2.28. The highest BCUT2D eigenvalue weighted by Crippen LogP contribution is 2.22. The summed E-state index contributed by atoms with van der Waals surface area (Å²) in [6, 6.07) is 5.89. The molecular formula is C14H23Cl2N5O. The van der Waals surface area contributed by atoms with E-state index in [9.17, 15) is 0 Å². The largest absolute Gasteiger partial charge is 1.00 e. The zero-order chi connectivity index (χ0) is 14.0. The van der Waals surface area contributed by atoms with Crippen LogP contribution >= 0.6 is 12.4 Å². The van der Waals surface area contributed by atoms with E-state index in [2.05, 4.69) is 17.5 Å². The Hall–Kier alpha value is -1.21. The predicted octanol–water partition coefficient (Wildman–Crippen LogP) is -1.77. The molecule has 0 aliphatic carbocycles. The van der Waals surface area contributed by atoms with Crippen molar-refractivity contribution in [2.75, 3.05) is 57.5 Å². The van der Waals surface area contributed by atoms with Crippen molar-refractivity contribution < 1.29 is 21.6 Å². The summed E-state index contributed by atoms with van der Waals surface area (Å²) >= 11 is 0. The van der Waals surface area contributed by atoms with Gasteiger partial charge in [0.25, 0.3) is 0 Å². The van der Waals surface area contributed by atoms with Crippen LogP contribution in [0.4, 0.5) is 11.5 Å². The van der Waals surface area contributed by atoms with Gasteiger partial charge in [-0.25, -0.2) is 4.52 Å². The highest BCUT2D eigenvalue weighted by molar-refractivity contribution is 5.85. The molecule has 0 spiro atoms. The number of ether oxygens (including phenoxy) is 1. The van der Waals surface area contributed by atoms with Crippen LogP contribution in [0.15, 0.2) is 24.4 Å². The summed E-state index contributed by atoms with van der Waals surface area (Å²) < 4.78 is 8.27. The number of morpholine rings is 1. The van der Waals surface area contributed by atoms with Gasteiger partial charge in [-0.05, 0) is 12.1 Å². The SMILES string of the molecule is C[N+]1(CCNc2nn3ccccc3c2N)CCOCC1.Cl.[Cl-]. The van der Waals surface area contributed by atoms with Gasteiger partial charge in [-0.2, -0.15) is 0 Å². The second kappa shape index (κ2) is 7.87. The van der Waals surface area contributed by atoms with Crippen LogP contribution in [0.3, 0.4) is 0 Å². The summed E-state index contributed by atoms with van der Waals surface area (Å²) in [5.74, 6) is 0.774. The van der Waals surface area contributed by atoms with E-state index in [-0.39, 0.29) is 24.8 Å². The molecule has 1 fully saturated rings. The van der Waals surface area contributed by atoms with Gasteiger partial charge >= 0.3 is 0 Å². The van der Waals surface area contributed by atoms with Crippen LogP contribution in [-0.2, 0) is 4.74 Å². The Bertz CT molecular complexity index is 598. The van der Waals surface area contributed by atoms with Gasteiger partial charge in [-0.3, -0.25) is 0 Å². The summed E-state index contributed by atoms with van der Waals surface area (Å²) in [6.07, 6.45) is 1.91. The van der Waals surface area contributed by atoms with Crippen LogP contribution in [-0.4, -0.2) is 60.5 Å². The Balaban J connectivity index is 0.00000121. The van der Waals surface area contributed by atoms with E-state index in [4.69, 9.17) is 10.5 Å². The van der Waals surface area contributed by atoms with Gasteiger partial charge in [-0.1, -0.05) is 6.07 Å². The molecule has 0 amide bonds. The highest BCUT2D eigenvalue weighted by atomic mass is 35.5. The Morgan fingerprint density at radius 1 is 1.36 bits per heavy atom.